The first-order valence-corrected chi connectivity index (χ1v) is 14.8. The molecule has 0 radical (unpaired) electrons. The van der Waals surface area contributed by atoms with Gasteiger partial charge in [-0.15, -0.1) is 0 Å². The fraction of sp³-hybridized carbons (Fsp3) is 0.281. The second-order valence-electron chi connectivity index (χ2n) is 10.5. The van der Waals surface area contributed by atoms with E-state index in [1.54, 1.807) is 31.4 Å². The number of hydrogen-bond acceptors (Lipinski definition) is 6. The van der Waals surface area contributed by atoms with Gasteiger partial charge in [-0.1, -0.05) is 60.7 Å². The van der Waals surface area contributed by atoms with Crippen LogP contribution < -0.4 is 10.1 Å². The Bertz CT molecular complexity index is 1500. The van der Waals surface area contributed by atoms with E-state index in [0.717, 1.165) is 28.0 Å². The number of carbonyl (C=O) groups is 1. The Morgan fingerprint density at radius 1 is 0.854 bits per heavy atom. The van der Waals surface area contributed by atoms with Gasteiger partial charge in [0.1, 0.15) is 11.4 Å². The molecule has 1 amide bonds. The monoisotopic (exact) mass is 576 g/mol. The average Bonchev–Trinajstić information content (AvgIpc) is 2.95. The van der Waals surface area contributed by atoms with Crippen molar-refractivity contribution in [3.63, 3.8) is 0 Å². The third-order valence-electron chi connectivity index (χ3n) is 6.23. The fourth-order valence-corrected chi connectivity index (χ4v) is 5.54. The van der Waals surface area contributed by atoms with Crippen molar-refractivity contribution in [3.05, 3.63) is 89.0 Å². The van der Waals surface area contributed by atoms with Gasteiger partial charge in [-0.3, -0.25) is 5.32 Å². The summed E-state index contributed by atoms with van der Waals surface area (Å²) in [5.74, 6) is 0.721. The van der Waals surface area contributed by atoms with Crippen LogP contribution in [0.1, 0.15) is 43.0 Å². The molecule has 8 nitrogen and oxygen atoms in total. The Hall–Kier alpha value is -3.92. The predicted molar refractivity (Wildman–Crippen MR) is 163 cm³/mol. The molecule has 1 N–H and O–H groups in total. The van der Waals surface area contributed by atoms with Gasteiger partial charge in [0.05, 0.1) is 25.2 Å². The predicted octanol–water partition coefficient (Wildman–Crippen LogP) is 6.40. The van der Waals surface area contributed by atoms with E-state index in [-0.39, 0.29) is 4.90 Å². The molecule has 3 aromatic carbocycles. The number of ether oxygens (including phenoxy) is 3. The highest BCUT2D eigenvalue weighted by Gasteiger charge is 2.26. The van der Waals surface area contributed by atoms with E-state index < -0.39 is 21.7 Å². The van der Waals surface area contributed by atoms with E-state index in [9.17, 15) is 13.2 Å². The molecule has 1 fully saturated rings. The first kappa shape index (κ1) is 30.0. The lowest BCUT2D eigenvalue weighted by Crippen LogP contribution is -2.40. The van der Waals surface area contributed by atoms with E-state index in [1.807, 2.05) is 87.5 Å². The van der Waals surface area contributed by atoms with Crippen LogP contribution >= 0.6 is 0 Å². The summed E-state index contributed by atoms with van der Waals surface area (Å²) in [5.41, 5.74) is 3.80. The first-order valence-electron chi connectivity index (χ1n) is 13.4. The van der Waals surface area contributed by atoms with Gasteiger partial charge in [0, 0.05) is 24.3 Å². The molecule has 9 heteroatoms. The number of benzene rings is 3. The molecule has 1 aliphatic rings. The molecule has 0 atom stereocenters. The van der Waals surface area contributed by atoms with Gasteiger partial charge in [0.25, 0.3) is 0 Å². The molecule has 41 heavy (non-hydrogen) atoms. The molecule has 0 spiro atoms. The molecule has 1 aliphatic heterocycles. The van der Waals surface area contributed by atoms with Gasteiger partial charge in [-0.2, -0.15) is 4.31 Å². The molecule has 4 rings (SSSR count). The number of methoxy groups -OCH3 is 1. The van der Waals surface area contributed by atoms with Gasteiger partial charge in [-0.05, 0) is 67.8 Å². The minimum atomic E-state index is -3.51. The quantitative estimate of drug-likeness (QED) is 0.312. The summed E-state index contributed by atoms with van der Waals surface area (Å²) in [5, 5.41) is 2.73. The summed E-state index contributed by atoms with van der Waals surface area (Å²) in [6.45, 7) is 7.04. The lowest BCUT2D eigenvalue weighted by Gasteiger charge is -2.26. The van der Waals surface area contributed by atoms with Crippen molar-refractivity contribution in [1.29, 1.82) is 0 Å². The van der Waals surface area contributed by atoms with Gasteiger partial charge in [0.15, 0.2) is 0 Å². The van der Waals surface area contributed by atoms with E-state index in [4.69, 9.17) is 14.2 Å². The second-order valence-corrected chi connectivity index (χ2v) is 12.4. The van der Waals surface area contributed by atoms with E-state index in [2.05, 4.69) is 5.32 Å². The number of sulfonamides is 1. The number of amides is 1. The number of carbonyl (C=O) groups excluding carboxylic acids is 1. The number of anilines is 1. The number of hydrogen-bond donors (Lipinski definition) is 1. The summed E-state index contributed by atoms with van der Waals surface area (Å²) >= 11 is 0. The van der Waals surface area contributed by atoms with Crippen LogP contribution in [0.15, 0.2) is 71.6 Å². The average molecular weight is 577 g/mol. The Morgan fingerprint density at radius 2 is 1.41 bits per heavy atom. The Morgan fingerprint density at radius 3 is 2.02 bits per heavy atom. The minimum absolute atomic E-state index is 0.281. The molecule has 216 valence electrons. The second kappa shape index (κ2) is 13.2. The van der Waals surface area contributed by atoms with Crippen molar-refractivity contribution in [3.8, 4) is 5.75 Å². The van der Waals surface area contributed by atoms with Crippen molar-refractivity contribution in [2.24, 2.45) is 0 Å². The van der Waals surface area contributed by atoms with Crippen LogP contribution in [-0.4, -0.2) is 57.8 Å². The summed E-state index contributed by atoms with van der Waals surface area (Å²) < 4.78 is 43.3. The SMILES string of the molecule is COc1cc(C=Cc2ccc(S(=O)(=O)N3CCOCC3)cc2)ccc1C=Cc1ccc(NC(=O)OC(C)(C)C)cc1. The molecule has 0 aromatic heterocycles. The maximum atomic E-state index is 12.8. The largest absolute Gasteiger partial charge is 0.496 e. The zero-order valence-corrected chi connectivity index (χ0v) is 24.6. The molecule has 0 saturated carbocycles. The van der Waals surface area contributed by atoms with Crippen LogP contribution in [0.3, 0.4) is 0 Å². The highest BCUT2D eigenvalue weighted by molar-refractivity contribution is 7.89. The van der Waals surface area contributed by atoms with Gasteiger partial charge >= 0.3 is 6.09 Å². The van der Waals surface area contributed by atoms with Crippen molar-refractivity contribution < 1.29 is 27.4 Å². The van der Waals surface area contributed by atoms with Crippen LogP contribution in [-0.2, 0) is 19.5 Å². The molecule has 0 aliphatic carbocycles. The maximum Gasteiger partial charge on any atom is 0.412 e. The highest BCUT2D eigenvalue weighted by atomic mass is 32.2. The van der Waals surface area contributed by atoms with Crippen LogP contribution in [0, 0.1) is 0 Å². The summed E-state index contributed by atoms with van der Waals surface area (Å²) in [7, 11) is -1.88. The first-order chi connectivity index (χ1) is 19.5. The maximum absolute atomic E-state index is 12.8. The zero-order chi connectivity index (χ0) is 29.5. The molecule has 1 saturated heterocycles. The standard InChI is InChI=1S/C32H36N2O6S/c1-32(2,3)40-31(35)33-28-15-9-25(10-16-28)7-13-27-14-8-26(23-30(27)38-4)6-5-24-11-17-29(18-12-24)41(36,37)34-19-21-39-22-20-34/h5-18,23H,19-22H2,1-4H3,(H,33,35). The summed E-state index contributed by atoms with van der Waals surface area (Å²) in [6, 6.07) is 20.2. The molecule has 0 unspecified atom stereocenters. The lowest BCUT2D eigenvalue weighted by molar-refractivity contribution is 0.0636. The molecule has 1 heterocycles. The van der Waals surface area contributed by atoms with Crippen LogP contribution in [0.5, 0.6) is 5.75 Å². The fourth-order valence-electron chi connectivity index (χ4n) is 4.13. The van der Waals surface area contributed by atoms with Gasteiger partial charge < -0.3 is 14.2 Å². The van der Waals surface area contributed by atoms with Crippen molar-refractivity contribution in [2.45, 2.75) is 31.3 Å². The van der Waals surface area contributed by atoms with E-state index >= 15 is 0 Å². The Balaban J connectivity index is 1.39. The zero-order valence-electron chi connectivity index (χ0n) is 23.8. The Kier molecular flexibility index (Phi) is 9.65. The van der Waals surface area contributed by atoms with Crippen molar-refractivity contribution in [2.75, 3.05) is 38.7 Å². The van der Waals surface area contributed by atoms with Crippen molar-refractivity contribution in [1.82, 2.24) is 4.31 Å². The topological polar surface area (TPSA) is 94.2 Å². The lowest BCUT2D eigenvalue weighted by atomic mass is 10.1. The summed E-state index contributed by atoms with van der Waals surface area (Å²) in [6.07, 6.45) is 7.33. The number of nitrogens with zero attached hydrogens (tertiary/aromatic N) is 1. The molecular weight excluding hydrogens is 540 g/mol. The van der Waals surface area contributed by atoms with Crippen LogP contribution in [0.2, 0.25) is 0 Å². The Labute approximate surface area is 242 Å². The van der Waals surface area contributed by atoms with Gasteiger partial charge in [-0.25, -0.2) is 13.2 Å². The van der Waals surface area contributed by atoms with E-state index in [1.165, 1.54) is 4.31 Å². The normalized spacial score (nSPS) is 14.8. The third kappa shape index (κ3) is 8.53. The number of rotatable bonds is 8. The molecule has 3 aromatic rings. The molecule has 0 bridgehead atoms. The smallest absolute Gasteiger partial charge is 0.412 e. The number of nitrogens with one attached hydrogen (secondary N) is 1. The molecular formula is C32H36N2O6S. The summed E-state index contributed by atoms with van der Waals surface area (Å²) in [4.78, 5) is 12.2. The van der Waals surface area contributed by atoms with Crippen LogP contribution in [0.4, 0.5) is 10.5 Å². The van der Waals surface area contributed by atoms with Crippen LogP contribution in [0.25, 0.3) is 24.3 Å². The number of morpholine rings is 1. The highest BCUT2D eigenvalue weighted by Crippen LogP contribution is 2.25. The minimum Gasteiger partial charge on any atom is -0.496 e. The van der Waals surface area contributed by atoms with E-state index in [0.29, 0.717) is 32.0 Å². The van der Waals surface area contributed by atoms with Gasteiger partial charge in [0.2, 0.25) is 10.0 Å². The van der Waals surface area contributed by atoms with Crippen molar-refractivity contribution >= 4 is 46.1 Å². The third-order valence-corrected chi connectivity index (χ3v) is 8.14.